The van der Waals surface area contributed by atoms with E-state index in [0.29, 0.717) is 0 Å². The molecular weight excluding hydrogens is 342 g/mol. The highest BCUT2D eigenvalue weighted by Gasteiger charge is 2.06. The van der Waals surface area contributed by atoms with Gasteiger partial charge in [0.2, 0.25) is 0 Å². The summed E-state index contributed by atoms with van der Waals surface area (Å²) in [4.78, 5) is 1.78. The lowest BCUT2D eigenvalue weighted by Gasteiger charge is -2.07. The lowest BCUT2D eigenvalue weighted by atomic mass is 10.0. The van der Waals surface area contributed by atoms with Crippen LogP contribution in [0.25, 0.3) is 16.7 Å². The van der Waals surface area contributed by atoms with E-state index in [1.165, 1.54) is 75.3 Å². The molecular formula is C25H35N3. The minimum Gasteiger partial charge on any atom is -0.150 e. The maximum absolute atomic E-state index is 4.63. The Morgan fingerprint density at radius 3 is 1.89 bits per heavy atom. The Labute approximate surface area is 170 Å². The molecule has 28 heavy (non-hydrogen) atoms. The molecule has 3 heteroatoms. The fraction of sp³-hybridized carbons (Fsp3) is 0.520. The summed E-state index contributed by atoms with van der Waals surface area (Å²) in [6, 6.07) is 14.8. The Morgan fingerprint density at radius 2 is 1.29 bits per heavy atom. The van der Waals surface area contributed by atoms with Gasteiger partial charge in [-0.25, -0.2) is 0 Å². The second-order valence-corrected chi connectivity index (χ2v) is 8.09. The molecule has 0 saturated carbocycles. The van der Waals surface area contributed by atoms with Gasteiger partial charge in [0.05, 0.1) is 5.69 Å². The van der Waals surface area contributed by atoms with Gasteiger partial charge in [-0.2, -0.15) is 4.80 Å². The average Bonchev–Trinajstić information content (AvgIpc) is 3.13. The quantitative estimate of drug-likeness (QED) is 0.313. The van der Waals surface area contributed by atoms with E-state index in [0.717, 1.165) is 23.1 Å². The molecule has 3 nitrogen and oxygen atoms in total. The number of aryl methyl sites for hydroxylation is 2. The molecule has 0 radical (unpaired) electrons. The van der Waals surface area contributed by atoms with Crippen molar-refractivity contribution in [2.45, 2.75) is 84.5 Å². The molecule has 0 unspecified atom stereocenters. The molecule has 0 amide bonds. The van der Waals surface area contributed by atoms with Gasteiger partial charge in [0.15, 0.2) is 0 Å². The molecule has 0 aliphatic carbocycles. The predicted molar refractivity (Wildman–Crippen MR) is 119 cm³/mol. The van der Waals surface area contributed by atoms with Crippen LogP contribution in [-0.2, 0) is 6.42 Å². The van der Waals surface area contributed by atoms with Crippen molar-refractivity contribution in [3.05, 3.63) is 53.6 Å². The third-order valence-corrected chi connectivity index (χ3v) is 5.46. The van der Waals surface area contributed by atoms with Crippen molar-refractivity contribution < 1.29 is 0 Å². The minimum atomic E-state index is 0.945. The Kier molecular flexibility index (Phi) is 8.07. The maximum atomic E-state index is 4.63. The van der Waals surface area contributed by atoms with Gasteiger partial charge in [-0.05, 0) is 55.2 Å². The fourth-order valence-corrected chi connectivity index (χ4v) is 3.89. The number of nitrogens with zero attached hydrogens (tertiary/aromatic N) is 3. The third-order valence-electron chi connectivity index (χ3n) is 5.46. The molecule has 0 bridgehead atoms. The lowest BCUT2D eigenvalue weighted by molar-refractivity contribution is 0.556. The Bertz CT molecular complexity index is 817. The van der Waals surface area contributed by atoms with Gasteiger partial charge >= 0.3 is 0 Å². The van der Waals surface area contributed by atoms with Crippen LogP contribution < -0.4 is 0 Å². The van der Waals surface area contributed by atoms with Gasteiger partial charge in [-0.1, -0.05) is 82.9 Å². The summed E-state index contributed by atoms with van der Waals surface area (Å²) in [7, 11) is 0. The molecule has 3 aromatic rings. The average molecular weight is 378 g/mol. The van der Waals surface area contributed by atoms with Gasteiger partial charge in [0.25, 0.3) is 0 Å². The smallest absolute Gasteiger partial charge is 0.113 e. The first-order chi connectivity index (χ1) is 13.8. The maximum Gasteiger partial charge on any atom is 0.113 e. The Morgan fingerprint density at radius 1 is 0.714 bits per heavy atom. The Hall–Kier alpha value is -2.16. The normalized spacial score (nSPS) is 11.4. The number of benzene rings is 2. The van der Waals surface area contributed by atoms with Gasteiger partial charge in [0.1, 0.15) is 11.0 Å². The minimum absolute atomic E-state index is 0.945. The summed E-state index contributed by atoms with van der Waals surface area (Å²) in [5.74, 6) is 0. The number of hydrogen-bond acceptors (Lipinski definition) is 2. The van der Waals surface area contributed by atoms with Crippen molar-refractivity contribution >= 4 is 11.0 Å². The zero-order chi connectivity index (χ0) is 19.6. The van der Waals surface area contributed by atoms with E-state index < -0.39 is 0 Å². The number of fused-ring (bicyclic) bond motifs is 1. The summed E-state index contributed by atoms with van der Waals surface area (Å²) in [6.45, 7) is 4.44. The largest absolute Gasteiger partial charge is 0.150 e. The van der Waals surface area contributed by atoms with Crippen molar-refractivity contribution in [3.63, 3.8) is 0 Å². The van der Waals surface area contributed by atoms with Crippen LogP contribution in [0.4, 0.5) is 0 Å². The topological polar surface area (TPSA) is 30.7 Å². The summed E-state index contributed by atoms with van der Waals surface area (Å²) < 4.78 is 0. The molecule has 0 aliphatic rings. The fourth-order valence-electron chi connectivity index (χ4n) is 3.89. The van der Waals surface area contributed by atoms with E-state index in [1.54, 1.807) is 4.80 Å². The highest BCUT2D eigenvalue weighted by Crippen LogP contribution is 2.18. The Balaban J connectivity index is 1.45. The molecule has 1 heterocycles. The first kappa shape index (κ1) is 20.6. The standard InChI is InChI=1S/C25H35N3/c1-3-4-5-6-7-8-9-10-11-12-15-22-18-21(2)19-23(20-22)28-26-24-16-13-14-17-25(24)27-28/h13-14,16-20H,3-12,15H2,1-2H3. The molecule has 0 spiro atoms. The first-order valence-corrected chi connectivity index (χ1v) is 11.2. The lowest BCUT2D eigenvalue weighted by Crippen LogP contribution is -2.00. The molecule has 150 valence electrons. The van der Waals surface area contributed by atoms with E-state index in [1.807, 2.05) is 24.3 Å². The van der Waals surface area contributed by atoms with Crippen LogP contribution >= 0.6 is 0 Å². The molecule has 0 aliphatic heterocycles. The zero-order valence-corrected chi connectivity index (χ0v) is 17.7. The highest BCUT2D eigenvalue weighted by atomic mass is 15.5. The molecule has 0 atom stereocenters. The molecule has 0 saturated heterocycles. The van der Waals surface area contributed by atoms with Crippen LogP contribution in [-0.4, -0.2) is 15.0 Å². The summed E-state index contributed by atoms with van der Waals surface area (Å²) in [5.41, 5.74) is 5.63. The van der Waals surface area contributed by atoms with Crippen molar-refractivity contribution in [1.82, 2.24) is 15.0 Å². The van der Waals surface area contributed by atoms with Crippen molar-refractivity contribution in [1.29, 1.82) is 0 Å². The zero-order valence-electron chi connectivity index (χ0n) is 17.7. The van der Waals surface area contributed by atoms with Crippen molar-refractivity contribution in [3.8, 4) is 5.69 Å². The predicted octanol–water partition coefficient (Wildman–Crippen LogP) is 7.19. The number of rotatable bonds is 12. The molecule has 3 rings (SSSR count). The number of aromatic nitrogens is 3. The van der Waals surface area contributed by atoms with Gasteiger partial charge in [-0.15, -0.1) is 10.2 Å². The monoisotopic (exact) mass is 377 g/mol. The molecule has 0 fully saturated rings. The van der Waals surface area contributed by atoms with E-state index >= 15 is 0 Å². The van der Waals surface area contributed by atoms with Gasteiger partial charge in [-0.3, -0.25) is 0 Å². The van der Waals surface area contributed by atoms with Crippen molar-refractivity contribution in [2.24, 2.45) is 0 Å². The van der Waals surface area contributed by atoms with Crippen LogP contribution in [0.1, 0.15) is 82.3 Å². The summed E-state index contributed by atoms with van der Waals surface area (Å²) in [5, 5.41) is 9.26. The van der Waals surface area contributed by atoms with Crippen LogP contribution in [0, 0.1) is 6.92 Å². The van der Waals surface area contributed by atoms with Crippen LogP contribution in [0.5, 0.6) is 0 Å². The molecule has 1 aromatic heterocycles. The van der Waals surface area contributed by atoms with E-state index in [-0.39, 0.29) is 0 Å². The van der Waals surface area contributed by atoms with Crippen LogP contribution in [0.3, 0.4) is 0 Å². The van der Waals surface area contributed by atoms with E-state index in [2.05, 4.69) is 42.2 Å². The van der Waals surface area contributed by atoms with Gasteiger partial charge in [0, 0.05) is 0 Å². The first-order valence-electron chi connectivity index (χ1n) is 11.2. The second-order valence-electron chi connectivity index (χ2n) is 8.09. The summed E-state index contributed by atoms with van der Waals surface area (Å²) >= 11 is 0. The number of unbranched alkanes of at least 4 members (excludes halogenated alkanes) is 9. The summed E-state index contributed by atoms with van der Waals surface area (Å²) in [6.07, 6.45) is 15.0. The van der Waals surface area contributed by atoms with Crippen LogP contribution in [0.2, 0.25) is 0 Å². The third kappa shape index (κ3) is 6.19. The highest BCUT2D eigenvalue weighted by molar-refractivity contribution is 5.73. The van der Waals surface area contributed by atoms with Crippen molar-refractivity contribution in [2.75, 3.05) is 0 Å². The van der Waals surface area contributed by atoms with Gasteiger partial charge < -0.3 is 0 Å². The van der Waals surface area contributed by atoms with Crippen LogP contribution in [0.15, 0.2) is 42.5 Å². The second kappa shape index (κ2) is 11.0. The number of hydrogen-bond donors (Lipinski definition) is 0. The van der Waals surface area contributed by atoms with E-state index in [9.17, 15) is 0 Å². The van der Waals surface area contributed by atoms with E-state index in [4.69, 9.17) is 0 Å². The molecule has 0 N–H and O–H groups in total. The SMILES string of the molecule is CCCCCCCCCCCCc1cc(C)cc(-n2nc3ccccc3n2)c1. The molecule has 2 aromatic carbocycles.